The van der Waals surface area contributed by atoms with Gasteiger partial charge in [-0.05, 0) is 47.5 Å². The number of benzene rings is 3. The number of carbonyl (C=O) groups excluding carboxylic acids is 1. The molecule has 0 radical (unpaired) electrons. The lowest BCUT2D eigenvalue weighted by atomic mass is 9.70. The van der Waals surface area contributed by atoms with Crippen LogP contribution in [0.3, 0.4) is 0 Å². The largest absolute Gasteiger partial charge is 0.301 e. The number of nitrogens with zero attached hydrogens (tertiary/aromatic N) is 3. The number of halogens is 1. The Labute approximate surface area is 207 Å². The number of hydrogen-bond donors (Lipinski definition) is 1. The molecule has 5 nitrogen and oxygen atoms in total. The average Bonchev–Trinajstić information content (AvgIpc) is 3.50. The summed E-state index contributed by atoms with van der Waals surface area (Å²) in [6, 6.07) is 24.0. The molecule has 7 heteroatoms. The van der Waals surface area contributed by atoms with Crippen molar-refractivity contribution in [3.05, 3.63) is 107 Å². The van der Waals surface area contributed by atoms with E-state index in [2.05, 4.69) is 45.7 Å². The summed E-state index contributed by atoms with van der Waals surface area (Å²) in [5, 5.41) is 11.7. The van der Waals surface area contributed by atoms with Crippen LogP contribution in [0.1, 0.15) is 30.9 Å². The number of hydrogen-bond acceptors (Lipinski definition) is 4. The molecule has 0 spiro atoms. The highest BCUT2D eigenvalue weighted by molar-refractivity contribution is 7.13. The molecule has 5 aromatic rings. The topological polar surface area (TPSA) is 59.8 Å². The fourth-order valence-corrected chi connectivity index (χ4v) is 5.01. The van der Waals surface area contributed by atoms with Gasteiger partial charge in [-0.1, -0.05) is 61.8 Å². The minimum atomic E-state index is -0.743. The molecule has 0 fully saturated rings. The summed E-state index contributed by atoms with van der Waals surface area (Å²) < 4.78 is 1.90. The molecule has 2 aromatic heterocycles. The summed E-state index contributed by atoms with van der Waals surface area (Å²) in [5.41, 5.74) is 3.31. The van der Waals surface area contributed by atoms with E-state index in [4.69, 9.17) is 11.6 Å². The third-order valence-corrected chi connectivity index (χ3v) is 7.03. The number of fused-ring (bicyclic) bond motifs is 1. The highest BCUT2D eigenvalue weighted by Gasteiger charge is 2.39. The van der Waals surface area contributed by atoms with Gasteiger partial charge in [-0.25, -0.2) is 9.67 Å². The normalized spacial score (nSPS) is 12.6. The third-order valence-electron chi connectivity index (χ3n) is 6.09. The van der Waals surface area contributed by atoms with Gasteiger partial charge in [0, 0.05) is 27.9 Å². The number of aromatic nitrogens is 3. The first-order valence-corrected chi connectivity index (χ1v) is 12.2. The van der Waals surface area contributed by atoms with E-state index >= 15 is 0 Å². The Kier molecular flexibility index (Phi) is 5.94. The van der Waals surface area contributed by atoms with Gasteiger partial charge in [-0.2, -0.15) is 5.10 Å². The molecule has 0 aliphatic heterocycles. The van der Waals surface area contributed by atoms with Gasteiger partial charge < -0.3 is 5.32 Å². The molecule has 3 aromatic carbocycles. The fourth-order valence-electron chi connectivity index (χ4n) is 4.36. The van der Waals surface area contributed by atoms with Crippen molar-refractivity contribution < 1.29 is 4.79 Å². The zero-order valence-corrected chi connectivity index (χ0v) is 20.3. The molecule has 34 heavy (non-hydrogen) atoms. The van der Waals surface area contributed by atoms with Crippen LogP contribution in [0.4, 0.5) is 5.13 Å². The second kappa shape index (κ2) is 9.05. The second-order valence-electron chi connectivity index (χ2n) is 8.71. The Bertz CT molecular complexity index is 1430. The maximum absolute atomic E-state index is 13.4. The maximum atomic E-state index is 13.4. The van der Waals surface area contributed by atoms with Crippen molar-refractivity contribution in [2.45, 2.75) is 19.8 Å². The molecule has 5 rings (SSSR count). The molecular formula is C27H23ClN4OS. The van der Waals surface area contributed by atoms with Crippen LogP contribution in [-0.4, -0.2) is 20.7 Å². The van der Waals surface area contributed by atoms with Crippen LogP contribution < -0.4 is 5.32 Å². The number of nitrogens with one attached hydrogen (secondary N) is 1. The van der Waals surface area contributed by atoms with Crippen molar-refractivity contribution in [1.29, 1.82) is 0 Å². The van der Waals surface area contributed by atoms with E-state index in [0.717, 1.165) is 27.7 Å². The summed E-state index contributed by atoms with van der Waals surface area (Å²) in [7, 11) is 0. The van der Waals surface area contributed by atoms with E-state index in [1.165, 1.54) is 11.3 Å². The summed E-state index contributed by atoms with van der Waals surface area (Å²) in [6.45, 7) is 3.96. The van der Waals surface area contributed by atoms with E-state index in [-0.39, 0.29) is 11.8 Å². The minimum absolute atomic E-state index is 0.0757. The molecule has 0 bridgehead atoms. The molecule has 0 aliphatic carbocycles. The van der Waals surface area contributed by atoms with Crippen LogP contribution in [0.2, 0.25) is 5.02 Å². The van der Waals surface area contributed by atoms with Crippen molar-refractivity contribution >= 4 is 44.9 Å². The van der Waals surface area contributed by atoms with E-state index in [0.29, 0.717) is 10.2 Å². The Morgan fingerprint density at radius 3 is 2.50 bits per heavy atom. The van der Waals surface area contributed by atoms with Gasteiger partial charge in [0.15, 0.2) is 5.13 Å². The van der Waals surface area contributed by atoms with Gasteiger partial charge in [-0.15, -0.1) is 11.3 Å². The first-order chi connectivity index (χ1) is 16.4. The lowest BCUT2D eigenvalue weighted by Gasteiger charge is -2.34. The van der Waals surface area contributed by atoms with Crippen molar-refractivity contribution in [3.8, 4) is 5.69 Å². The highest BCUT2D eigenvalue weighted by Crippen LogP contribution is 2.42. The Morgan fingerprint density at radius 1 is 1.03 bits per heavy atom. The van der Waals surface area contributed by atoms with E-state index in [1.807, 2.05) is 72.6 Å². The SMILES string of the molecule is CC(C)(C(=O)Nc1nccs1)C(c1ccccc1)c1ccc2c(cnn2-c2ccc(Cl)cc2)c1. The van der Waals surface area contributed by atoms with Crippen molar-refractivity contribution in [2.24, 2.45) is 5.41 Å². The van der Waals surface area contributed by atoms with Crippen molar-refractivity contribution in [2.75, 3.05) is 5.32 Å². The quantitative estimate of drug-likeness (QED) is 0.283. The van der Waals surface area contributed by atoms with E-state index < -0.39 is 5.41 Å². The lowest BCUT2D eigenvalue weighted by Crippen LogP contribution is -2.37. The number of rotatable bonds is 6. The Hall–Kier alpha value is -3.48. The Balaban J connectivity index is 1.57. The monoisotopic (exact) mass is 486 g/mol. The zero-order valence-electron chi connectivity index (χ0n) is 18.8. The van der Waals surface area contributed by atoms with Crippen LogP contribution in [0.5, 0.6) is 0 Å². The average molecular weight is 487 g/mol. The van der Waals surface area contributed by atoms with Crippen LogP contribution in [0, 0.1) is 5.41 Å². The number of amides is 1. The summed E-state index contributed by atoms with van der Waals surface area (Å²) in [4.78, 5) is 17.6. The van der Waals surface area contributed by atoms with Crippen LogP contribution in [0.25, 0.3) is 16.6 Å². The maximum Gasteiger partial charge on any atom is 0.232 e. The van der Waals surface area contributed by atoms with Gasteiger partial charge in [0.05, 0.1) is 22.8 Å². The number of carbonyl (C=O) groups is 1. The second-order valence-corrected chi connectivity index (χ2v) is 10.0. The van der Waals surface area contributed by atoms with Gasteiger partial charge >= 0.3 is 0 Å². The predicted molar refractivity (Wildman–Crippen MR) is 139 cm³/mol. The number of thiazole rings is 1. The van der Waals surface area contributed by atoms with E-state index in [9.17, 15) is 4.79 Å². The van der Waals surface area contributed by atoms with Crippen LogP contribution in [-0.2, 0) is 4.79 Å². The molecular weight excluding hydrogens is 464 g/mol. The van der Waals surface area contributed by atoms with Gasteiger partial charge in [0.2, 0.25) is 5.91 Å². The predicted octanol–water partition coefficient (Wildman–Crippen LogP) is 6.93. The first-order valence-electron chi connectivity index (χ1n) is 10.9. The Morgan fingerprint density at radius 2 is 1.79 bits per heavy atom. The zero-order chi connectivity index (χ0) is 23.7. The molecule has 0 saturated heterocycles. The standard InChI is InChI=1S/C27H23ClN4OS/c1-27(2,25(33)31-26-29-14-15-34-26)24(18-6-4-3-5-7-18)19-8-13-23-20(16-19)17-30-32(23)22-11-9-21(28)10-12-22/h3-17,24H,1-2H3,(H,29,31,33). The summed E-state index contributed by atoms with van der Waals surface area (Å²) >= 11 is 7.46. The smallest absolute Gasteiger partial charge is 0.232 e. The fraction of sp³-hybridized carbons (Fsp3) is 0.148. The molecule has 1 N–H and O–H groups in total. The van der Waals surface area contributed by atoms with E-state index in [1.54, 1.807) is 6.20 Å². The van der Waals surface area contributed by atoms with Crippen LogP contribution >= 0.6 is 22.9 Å². The molecule has 1 atom stereocenters. The molecule has 0 aliphatic rings. The van der Waals surface area contributed by atoms with Gasteiger partial charge in [-0.3, -0.25) is 4.79 Å². The number of anilines is 1. The van der Waals surface area contributed by atoms with Crippen LogP contribution in [0.15, 0.2) is 90.6 Å². The lowest BCUT2D eigenvalue weighted by molar-refractivity contribution is -0.124. The van der Waals surface area contributed by atoms with Crippen molar-refractivity contribution in [1.82, 2.24) is 14.8 Å². The third kappa shape index (κ3) is 4.22. The summed E-state index contributed by atoms with van der Waals surface area (Å²) in [5.74, 6) is -0.245. The highest BCUT2D eigenvalue weighted by atomic mass is 35.5. The molecule has 1 unspecified atom stereocenters. The molecule has 0 saturated carbocycles. The van der Waals surface area contributed by atoms with Crippen molar-refractivity contribution in [3.63, 3.8) is 0 Å². The first kappa shape index (κ1) is 22.3. The molecule has 1 amide bonds. The molecule has 170 valence electrons. The van der Waals surface area contributed by atoms with Gasteiger partial charge in [0.25, 0.3) is 0 Å². The minimum Gasteiger partial charge on any atom is -0.301 e. The molecule has 2 heterocycles. The van der Waals surface area contributed by atoms with Gasteiger partial charge in [0.1, 0.15) is 0 Å². The summed E-state index contributed by atoms with van der Waals surface area (Å²) in [6.07, 6.45) is 3.55.